The monoisotopic (exact) mass is 399 g/mol. The average molecular weight is 400 g/mol. The number of amides is 1. The van der Waals surface area contributed by atoms with E-state index in [1.54, 1.807) is 35.9 Å². The van der Waals surface area contributed by atoms with Crippen LogP contribution in [0.15, 0.2) is 29.6 Å². The highest BCUT2D eigenvalue weighted by atomic mass is 32.2. The van der Waals surface area contributed by atoms with Crippen LogP contribution in [0.3, 0.4) is 0 Å². The molecule has 140 valence electrons. The van der Waals surface area contributed by atoms with Gasteiger partial charge in [-0.25, -0.2) is 9.97 Å². The smallest absolute Gasteiger partial charge is 0.234 e. The Bertz CT molecular complexity index is 1020. The summed E-state index contributed by atoms with van der Waals surface area (Å²) in [5.74, 6) is 0.859. The number of nitrogens with one attached hydrogen (secondary N) is 1. The summed E-state index contributed by atoms with van der Waals surface area (Å²) in [5, 5.41) is 14.7. The summed E-state index contributed by atoms with van der Waals surface area (Å²) in [6, 6.07) is 5.15. The van der Waals surface area contributed by atoms with Crippen LogP contribution in [0.4, 0.5) is 5.69 Å². The summed E-state index contributed by atoms with van der Waals surface area (Å²) in [5.41, 5.74) is 2.79. The standard InChI is InChI=1S/C20H21N3O2S2/c1-11-4-6-15(24)14(7-11)23-17(25)9-26-19-18-13-5-3-12(2)8-16(13)27-20(18)22-10-21-19/h4,6-7,10,12,24H,3,5,8-9H2,1-2H3,(H,23,25). The van der Waals surface area contributed by atoms with Crippen LogP contribution in [0.2, 0.25) is 0 Å². The topological polar surface area (TPSA) is 75.1 Å². The Balaban J connectivity index is 1.52. The predicted octanol–water partition coefficient (Wildman–Crippen LogP) is 4.56. The highest BCUT2D eigenvalue weighted by Gasteiger charge is 2.23. The first-order chi connectivity index (χ1) is 13.0. The van der Waals surface area contributed by atoms with Crippen molar-refractivity contribution in [2.24, 2.45) is 5.92 Å². The second-order valence-corrected chi connectivity index (χ2v) is 9.12. The zero-order valence-corrected chi connectivity index (χ0v) is 16.9. The number of carbonyl (C=O) groups excluding carboxylic acids is 1. The quantitative estimate of drug-likeness (QED) is 0.382. The molecule has 3 aromatic rings. The molecular formula is C20H21N3O2S2. The molecule has 1 aliphatic rings. The summed E-state index contributed by atoms with van der Waals surface area (Å²) in [6.07, 6.45) is 4.93. The van der Waals surface area contributed by atoms with Gasteiger partial charge in [0.05, 0.1) is 11.4 Å². The number of fused-ring (bicyclic) bond motifs is 3. The van der Waals surface area contributed by atoms with E-state index >= 15 is 0 Å². The van der Waals surface area contributed by atoms with Gasteiger partial charge in [-0.1, -0.05) is 24.8 Å². The number of phenolic OH excluding ortho intramolecular Hbond substituents is 1. The predicted molar refractivity (Wildman–Crippen MR) is 111 cm³/mol. The van der Waals surface area contributed by atoms with Crippen molar-refractivity contribution in [3.05, 3.63) is 40.5 Å². The van der Waals surface area contributed by atoms with Gasteiger partial charge in [-0.3, -0.25) is 4.79 Å². The van der Waals surface area contributed by atoms with Gasteiger partial charge >= 0.3 is 0 Å². The molecular weight excluding hydrogens is 378 g/mol. The number of anilines is 1. The minimum absolute atomic E-state index is 0.0735. The molecule has 1 unspecified atom stereocenters. The largest absolute Gasteiger partial charge is 0.506 e. The van der Waals surface area contributed by atoms with Gasteiger partial charge in [0.25, 0.3) is 0 Å². The Hall–Kier alpha value is -2.12. The molecule has 2 heterocycles. The Morgan fingerprint density at radius 3 is 3.11 bits per heavy atom. The lowest BCUT2D eigenvalue weighted by Gasteiger charge is -2.18. The van der Waals surface area contributed by atoms with Crippen LogP contribution < -0.4 is 5.32 Å². The number of rotatable bonds is 4. The van der Waals surface area contributed by atoms with Crippen molar-refractivity contribution in [2.45, 2.75) is 38.1 Å². The molecule has 2 aromatic heterocycles. The molecule has 0 spiro atoms. The van der Waals surface area contributed by atoms with E-state index in [9.17, 15) is 9.90 Å². The van der Waals surface area contributed by atoms with Gasteiger partial charge in [-0.15, -0.1) is 11.3 Å². The van der Waals surface area contributed by atoms with Crippen LogP contribution in [-0.4, -0.2) is 26.7 Å². The summed E-state index contributed by atoms with van der Waals surface area (Å²) in [6.45, 7) is 4.21. The summed E-state index contributed by atoms with van der Waals surface area (Å²) < 4.78 is 0. The third-order valence-corrected chi connectivity index (χ3v) is 6.97. The molecule has 0 aliphatic heterocycles. The zero-order chi connectivity index (χ0) is 19.0. The fourth-order valence-corrected chi connectivity index (χ4v) is 5.67. The molecule has 7 heteroatoms. The first kappa shape index (κ1) is 18.3. The van der Waals surface area contributed by atoms with E-state index < -0.39 is 0 Å². The van der Waals surface area contributed by atoms with Crippen LogP contribution in [-0.2, 0) is 17.6 Å². The van der Waals surface area contributed by atoms with Gasteiger partial charge in [-0.2, -0.15) is 0 Å². The van der Waals surface area contributed by atoms with Crippen molar-refractivity contribution in [1.29, 1.82) is 0 Å². The van der Waals surface area contributed by atoms with Gasteiger partial charge in [0.15, 0.2) is 0 Å². The van der Waals surface area contributed by atoms with E-state index in [0.717, 1.165) is 33.6 Å². The third-order valence-electron chi connectivity index (χ3n) is 4.82. The number of phenols is 1. The second kappa shape index (κ2) is 7.48. The molecule has 0 bridgehead atoms. The molecule has 27 heavy (non-hydrogen) atoms. The van der Waals surface area contributed by atoms with Crippen molar-refractivity contribution in [3.8, 4) is 5.75 Å². The molecule has 0 fully saturated rings. The Kier molecular flexibility index (Phi) is 5.06. The average Bonchev–Trinajstić information content (AvgIpc) is 3.01. The zero-order valence-electron chi connectivity index (χ0n) is 15.3. The number of carbonyl (C=O) groups is 1. The van der Waals surface area contributed by atoms with Gasteiger partial charge in [0.2, 0.25) is 5.91 Å². The van der Waals surface area contributed by atoms with E-state index in [2.05, 4.69) is 22.2 Å². The minimum atomic E-state index is -0.162. The molecule has 1 atom stereocenters. The fraction of sp³-hybridized carbons (Fsp3) is 0.350. The first-order valence-corrected chi connectivity index (χ1v) is 10.8. The molecule has 0 radical (unpaired) electrons. The minimum Gasteiger partial charge on any atom is -0.506 e. The molecule has 0 saturated heterocycles. The van der Waals surface area contributed by atoms with E-state index in [0.29, 0.717) is 11.6 Å². The van der Waals surface area contributed by atoms with Gasteiger partial charge in [0, 0.05) is 10.3 Å². The SMILES string of the molecule is Cc1ccc(O)c(NC(=O)CSc2ncnc3sc4c(c23)CCC(C)C4)c1. The lowest BCUT2D eigenvalue weighted by Crippen LogP contribution is -2.14. The fourth-order valence-electron chi connectivity index (χ4n) is 3.43. The maximum Gasteiger partial charge on any atom is 0.234 e. The molecule has 1 amide bonds. The number of aromatic hydroxyl groups is 1. The van der Waals surface area contributed by atoms with Crippen molar-refractivity contribution < 1.29 is 9.90 Å². The highest BCUT2D eigenvalue weighted by Crippen LogP contribution is 2.40. The van der Waals surface area contributed by atoms with Crippen molar-refractivity contribution in [2.75, 3.05) is 11.1 Å². The van der Waals surface area contributed by atoms with E-state index in [1.807, 2.05) is 6.92 Å². The molecule has 4 rings (SSSR count). The second-order valence-electron chi connectivity index (χ2n) is 7.07. The summed E-state index contributed by atoms with van der Waals surface area (Å²) >= 11 is 3.19. The number of thiophene rings is 1. The number of hydrogen-bond acceptors (Lipinski definition) is 6. The van der Waals surface area contributed by atoms with Crippen molar-refractivity contribution >= 4 is 44.9 Å². The lowest BCUT2D eigenvalue weighted by molar-refractivity contribution is -0.113. The van der Waals surface area contributed by atoms with E-state index in [-0.39, 0.29) is 17.4 Å². The van der Waals surface area contributed by atoms with E-state index in [4.69, 9.17) is 0 Å². The molecule has 2 N–H and O–H groups in total. The Morgan fingerprint density at radius 1 is 1.41 bits per heavy atom. The van der Waals surface area contributed by atoms with Crippen molar-refractivity contribution in [1.82, 2.24) is 9.97 Å². The maximum absolute atomic E-state index is 12.4. The molecule has 1 aliphatic carbocycles. The highest BCUT2D eigenvalue weighted by molar-refractivity contribution is 8.00. The number of aryl methyl sites for hydroxylation is 2. The van der Waals surface area contributed by atoms with Crippen LogP contribution in [0.1, 0.15) is 29.3 Å². The Morgan fingerprint density at radius 2 is 2.26 bits per heavy atom. The van der Waals surface area contributed by atoms with Gasteiger partial charge in [-0.05, 0) is 55.4 Å². The third kappa shape index (κ3) is 3.80. The number of nitrogens with zero attached hydrogens (tertiary/aromatic N) is 2. The molecule has 5 nitrogen and oxygen atoms in total. The van der Waals surface area contributed by atoms with Crippen molar-refractivity contribution in [3.63, 3.8) is 0 Å². The number of thioether (sulfide) groups is 1. The number of benzene rings is 1. The maximum atomic E-state index is 12.4. The number of aromatic nitrogens is 2. The summed E-state index contributed by atoms with van der Waals surface area (Å²) in [7, 11) is 0. The molecule has 1 aromatic carbocycles. The van der Waals surface area contributed by atoms with Gasteiger partial charge < -0.3 is 10.4 Å². The summed E-state index contributed by atoms with van der Waals surface area (Å²) in [4.78, 5) is 23.7. The van der Waals surface area contributed by atoms with Crippen LogP contribution in [0.25, 0.3) is 10.2 Å². The Labute approximate surface area is 166 Å². The lowest BCUT2D eigenvalue weighted by atomic mass is 9.89. The van der Waals surface area contributed by atoms with Crippen LogP contribution in [0.5, 0.6) is 5.75 Å². The molecule has 0 saturated carbocycles. The van der Waals surface area contributed by atoms with Crippen LogP contribution in [0, 0.1) is 12.8 Å². The van der Waals surface area contributed by atoms with E-state index in [1.165, 1.54) is 28.6 Å². The van der Waals surface area contributed by atoms with Crippen LogP contribution >= 0.6 is 23.1 Å². The van der Waals surface area contributed by atoms with Gasteiger partial charge in [0.1, 0.15) is 21.9 Å². The number of hydrogen-bond donors (Lipinski definition) is 2. The first-order valence-electron chi connectivity index (χ1n) is 8.98. The normalized spacial score (nSPS) is 16.3.